The molecule has 1 amide bonds. The molecular weight excluding hydrogens is 250 g/mol. The Morgan fingerprint density at radius 2 is 2.21 bits per heavy atom. The Bertz CT molecular complexity index is 480. The summed E-state index contributed by atoms with van der Waals surface area (Å²) < 4.78 is 1.62. The Hall–Kier alpha value is -1.96. The van der Waals surface area contributed by atoms with Crippen LogP contribution in [0.2, 0.25) is 0 Å². The van der Waals surface area contributed by atoms with Crippen LogP contribution in [-0.2, 0) is 4.79 Å². The molecule has 1 aliphatic heterocycles. The van der Waals surface area contributed by atoms with E-state index >= 15 is 0 Å². The molecule has 8 nitrogen and oxygen atoms in total. The van der Waals surface area contributed by atoms with E-state index in [0.29, 0.717) is 0 Å². The number of carboxylic acid groups (broad SMARTS) is 1. The first-order valence-electron chi connectivity index (χ1n) is 6.15. The van der Waals surface area contributed by atoms with E-state index in [1.165, 1.54) is 0 Å². The third-order valence-corrected chi connectivity index (χ3v) is 3.10. The van der Waals surface area contributed by atoms with E-state index in [1.54, 1.807) is 24.7 Å². The predicted octanol–water partition coefficient (Wildman–Crippen LogP) is -0.739. The molecule has 2 rings (SSSR count). The zero-order valence-corrected chi connectivity index (χ0v) is 10.8. The third-order valence-electron chi connectivity index (χ3n) is 3.10. The summed E-state index contributed by atoms with van der Waals surface area (Å²) >= 11 is 0. The molecule has 0 aromatic carbocycles. The molecule has 0 saturated carbocycles. The molecule has 8 heteroatoms. The maximum atomic E-state index is 11.9. The monoisotopic (exact) mass is 267 g/mol. The van der Waals surface area contributed by atoms with E-state index in [9.17, 15) is 9.59 Å². The standard InChI is InChI=1S/C11H17N5O3/c1-6(2)9(11(18)19)13-10(17)8-5-16(15-14-8)7-3-12-4-7/h5-7,9,12H,3-4H2,1-2H3,(H,13,17)(H,18,19). The van der Waals surface area contributed by atoms with Gasteiger partial charge in [0, 0.05) is 13.1 Å². The van der Waals surface area contributed by atoms with Crippen molar-refractivity contribution >= 4 is 11.9 Å². The second-order valence-corrected chi connectivity index (χ2v) is 4.93. The van der Waals surface area contributed by atoms with Gasteiger partial charge in [-0.15, -0.1) is 5.10 Å². The van der Waals surface area contributed by atoms with Crippen molar-refractivity contribution in [3.05, 3.63) is 11.9 Å². The van der Waals surface area contributed by atoms with Gasteiger partial charge in [-0.2, -0.15) is 0 Å². The summed E-state index contributed by atoms with van der Waals surface area (Å²) in [4.78, 5) is 22.9. The van der Waals surface area contributed by atoms with Crippen LogP contribution in [0, 0.1) is 5.92 Å². The Morgan fingerprint density at radius 1 is 1.53 bits per heavy atom. The number of carbonyl (C=O) groups is 2. The van der Waals surface area contributed by atoms with Gasteiger partial charge in [-0.1, -0.05) is 19.1 Å². The van der Waals surface area contributed by atoms with Crippen LogP contribution in [0.15, 0.2) is 6.20 Å². The topological polar surface area (TPSA) is 109 Å². The van der Waals surface area contributed by atoms with Crippen molar-refractivity contribution in [2.45, 2.75) is 25.9 Å². The molecule has 1 fully saturated rings. The molecule has 0 radical (unpaired) electrons. The fourth-order valence-electron chi connectivity index (χ4n) is 1.75. The van der Waals surface area contributed by atoms with Gasteiger partial charge in [0.05, 0.1) is 12.2 Å². The molecule has 3 N–H and O–H groups in total. The number of aliphatic carboxylic acids is 1. The molecule has 2 heterocycles. The number of carbonyl (C=O) groups excluding carboxylic acids is 1. The number of nitrogens with zero attached hydrogens (tertiary/aromatic N) is 3. The molecule has 1 aromatic heterocycles. The maximum Gasteiger partial charge on any atom is 0.326 e. The van der Waals surface area contributed by atoms with Gasteiger partial charge in [0.25, 0.3) is 5.91 Å². The van der Waals surface area contributed by atoms with Crippen molar-refractivity contribution in [2.24, 2.45) is 5.92 Å². The number of carboxylic acids is 1. The summed E-state index contributed by atoms with van der Waals surface area (Å²) in [6.45, 7) is 5.06. The van der Waals surface area contributed by atoms with Gasteiger partial charge in [-0.3, -0.25) is 4.79 Å². The summed E-state index contributed by atoms with van der Waals surface area (Å²) in [7, 11) is 0. The van der Waals surface area contributed by atoms with E-state index < -0.39 is 17.9 Å². The van der Waals surface area contributed by atoms with E-state index in [0.717, 1.165) is 13.1 Å². The first-order valence-corrected chi connectivity index (χ1v) is 6.15. The third kappa shape index (κ3) is 2.90. The molecule has 0 aliphatic carbocycles. The Morgan fingerprint density at radius 3 is 2.68 bits per heavy atom. The molecule has 1 saturated heterocycles. The van der Waals surface area contributed by atoms with Crippen LogP contribution >= 0.6 is 0 Å². The first kappa shape index (κ1) is 13.5. The number of aromatic nitrogens is 3. The molecule has 0 bridgehead atoms. The highest BCUT2D eigenvalue weighted by molar-refractivity contribution is 5.94. The van der Waals surface area contributed by atoms with E-state index in [1.807, 2.05) is 0 Å². The van der Waals surface area contributed by atoms with Gasteiger partial charge in [-0.25, -0.2) is 9.48 Å². The van der Waals surface area contributed by atoms with E-state index in [-0.39, 0.29) is 17.7 Å². The summed E-state index contributed by atoms with van der Waals surface area (Å²) in [6.07, 6.45) is 1.54. The van der Waals surface area contributed by atoms with Crippen LogP contribution < -0.4 is 10.6 Å². The largest absolute Gasteiger partial charge is 0.480 e. The van der Waals surface area contributed by atoms with Gasteiger partial charge in [-0.05, 0) is 5.92 Å². The van der Waals surface area contributed by atoms with Crippen LogP contribution in [0.25, 0.3) is 0 Å². The average molecular weight is 267 g/mol. The summed E-state index contributed by atoms with van der Waals surface area (Å²) in [5, 5.41) is 22.2. The Balaban J connectivity index is 2.02. The number of amides is 1. The zero-order chi connectivity index (χ0) is 14.0. The fourth-order valence-corrected chi connectivity index (χ4v) is 1.75. The predicted molar refractivity (Wildman–Crippen MR) is 65.7 cm³/mol. The summed E-state index contributed by atoms with van der Waals surface area (Å²) in [6, 6.07) is -0.711. The van der Waals surface area contributed by atoms with Crippen LogP contribution in [-0.4, -0.2) is 51.1 Å². The number of rotatable bonds is 5. The van der Waals surface area contributed by atoms with Gasteiger partial charge in [0.1, 0.15) is 6.04 Å². The van der Waals surface area contributed by atoms with Gasteiger partial charge >= 0.3 is 5.97 Å². The van der Waals surface area contributed by atoms with Crippen molar-refractivity contribution in [2.75, 3.05) is 13.1 Å². The number of hydrogen-bond donors (Lipinski definition) is 3. The summed E-state index contributed by atoms with van der Waals surface area (Å²) in [5.41, 5.74) is 0.138. The molecule has 1 unspecified atom stereocenters. The Labute approximate surface area is 110 Å². The lowest BCUT2D eigenvalue weighted by Gasteiger charge is -2.26. The molecular formula is C11H17N5O3. The first-order chi connectivity index (χ1) is 8.99. The van der Waals surface area contributed by atoms with Gasteiger partial charge < -0.3 is 15.7 Å². The zero-order valence-electron chi connectivity index (χ0n) is 10.8. The van der Waals surface area contributed by atoms with E-state index in [4.69, 9.17) is 5.11 Å². The van der Waals surface area contributed by atoms with Gasteiger partial charge in [0.15, 0.2) is 5.69 Å². The number of hydrogen-bond acceptors (Lipinski definition) is 5. The second kappa shape index (κ2) is 5.35. The van der Waals surface area contributed by atoms with Crippen LogP contribution in [0.1, 0.15) is 30.4 Å². The minimum absolute atomic E-state index is 0.138. The van der Waals surface area contributed by atoms with Crippen molar-refractivity contribution in [1.29, 1.82) is 0 Å². The molecule has 0 spiro atoms. The highest BCUT2D eigenvalue weighted by atomic mass is 16.4. The van der Waals surface area contributed by atoms with Crippen molar-refractivity contribution in [3.63, 3.8) is 0 Å². The highest BCUT2D eigenvalue weighted by Gasteiger charge is 2.26. The molecule has 1 atom stereocenters. The second-order valence-electron chi connectivity index (χ2n) is 4.93. The number of nitrogens with one attached hydrogen (secondary N) is 2. The normalized spacial score (nSPS) is 17.0. The summed E-state index contributed by atoms with van der Waals surface area (Å²) in [5.74, 6) is -1.77. The average Bonchev–Trinajstić information content (AvgIpc) is 2.71. The maximum absolute atomic E-state index is 11.9. The Kier molecular flexibility index (Phi) is 3.79. The fraction of sp³-hybridized carbons (Fsp3) is 0.636. The molecule has 19 heavy (non-hydrogen) atoms. The minimum atomic E-state index is -1.06. The lowest BCUT2D eigenvalue weighted by Crippen LogP contribution is -2.44. The highest BCUT2D eigenvalue weighted by Crippen LogP contribution is 2.10. The van der Waals surface area contributed by atoms with E-state index in [2.05, 4.69) is 20.9 Å². The van der Waals surface area contributed by atoms with Crippen molar-refractivity contribution in [1.82, 2.24) is 25.6 Å². The van der Waals surface area contributed by atoms with Crippen LogP contribution in [0.5, 0.6) is 0 Å². The van der Waals surface area contributed by atoms with Crippen molar-refractivity contribution < 1.29 is 14.7 Å². The lowest BCUT2D eigenvalue weighted by atomic mass is 10.0. The SMILES string of the molecule is CC(C)C(NC(=O)c1cn(C2CNC2)nn1)C(=O)O. The van der Waals surface area contributed by atoms with Crippen LogP contribution in [0.4, 0.5) is 0 Å². The minimum Gasteiger partial charge on any atom is -0.480 e. The smallest absolute Gasteiger partial charge is 0.326 e. The molecule has 1 aromatic rings. The van der Waals surface area contributed by atoms with Crippen molar-refractivity contribution in [3.8, 4) is 0 Å². The molecule has 1 aliphatic rings. The van der Waals surface area contributed by atoms with Gasteiger partial charge in [0.2, 0.25) is 0 Å². The van der Waals surface area contributed by atoms with Crippen LogP contribution in [0.3, 0.4) is 0 Å². The molecule has 104 valence electrons. The quantitative estimate of drug-likeness (QED) is 0.648. The lowest BCUT2D eigenvalue weighted by molar-refractivity contribution is -0.140.